The van der Waals surface area contributed by atoms with E-state index in [1.165, 1.54) is 25.9 Å². The molecule has 3 heterocycles. The number of likely N-dealkylation sites (tertiary alicyclic amines) is 2. The second kappa shape index (κ2) is 7.89. The van der Waals surface area contributed by atoms with Crippen LogP contribution in [-0.2, 0) is 17.9 Å². The van der Waals surface area contributed by atoms with Crippen LogP contribution in [0.15, 0.2) is 29.1 Å². The van der Waals surface area contributed by atoms with Crippen LogP contribution in [0.2, 0.25) is 0 Å². The van der Waals surface area contributed by atoms with Gasteiger partial charge in [-0.2, -0.15) is 0 Å². The standard InChI is InChI=1S/C21H30N4O2/c1-2-11-24-18-7-3-4-8-19(18)25(21(24)27)15-10-20(26)23-14-9-17(16-23)22-12-5-6-13-22/h3-4,7-8,17H,2,5-6,9-16H2,1H3. The molecular weight excluding hydrogens is 340 g/mol. The molecule has 0 aliphatic carbocycles. The number of imidazole rings is 1. The maximum atomic E-state index is 12.8. The van der Waals surface area contributed by atoms with Crippen molar-refractivity contribution >= 4 is 16.9 Å². The number of amides is 1. The van der Waals surface area contributed by atoms with Gasteiger partial charge in [-0.05, 0) is 50.9 Å². The Kier molecular flexibility index (Phi) is 5.34. The van der Waals surface area contributed by atoms with Gasteiger partial charge in [0.05, 0.1) is 11.0 Å². The van der Waals surface area contributed by atoms with Gasteiger partial charge in [0.15, 0.2) is 0 Å². The monoisotopic (exact) mass is 370 g/mol. The SMILES string of the molecule is CCCn1c(=O)n(CCC(=O)N2CCC(N3CCCC3)C2)c2ccccc21. The van der Waals surface area contributed by atoms with Crippen LogP contribution in [0.1, 0.15) is 39.0 Å². The van der Waals surface area contributed by atoms with Crippen molar-refractivity contribution in [1.82, 2.24) is 18.9 Å². The molecule has 2 aliphatic heterocycles. The molecule has 0 N–H and O–H groups in total. The number of fused-ring (bicyclic) bond motifs is 1. The Hall–Kier alpha value is -2.08. The highest BCUT2D eigenvalue weighted by atomic mass is 16.2. The molecule has 2 saturated heterocycles. The zero-order valence-electron chi connectivity index (χ0n) is 16.3. The Balaban J connectivity index is 1.44. The first-order valence-corrected chi connectivity index (χ1v) is 10.4. The van der Waals surface area contributed by atoms with Crippen molar-refractivity contribution in [3.05, 3.63) is 34.7 Å². The summed E-state index contributed by atoms with van der Waals surface area (Å²) in [6.45, 7) is 7.31. The minimum Gasteiger partial charge on any atom is -0.341 e. The molecule has 27 heavy (non-hydrogen) atoms. The maximum Gasteiger partial charge on any atom is 0.329 e. The van der Waals surface area contributed by atoms with Crippen LogP contribution in [0, 0.1) is 0 Å². The maximum absolute atomic E-state index is 12.8. The lowest BCUT2D eigenvalue weighted by Crippen LogP contribution is -2.37. The Morgan fingerprint density at radius 1 is 1.04 bits per heavy atom. The van der Waals surface area contributed by atoms with Crippen molar-refractivity contribution < 1.29 is 4.79 Å². The minimum atomic E-state index is 0.00205. The fourth-order valence-corrected chi connectivity index (χ4v) is 4.67. The molecular formula is C21H30N4O2. The normalized spacial score (nSPS) is 20.8. The fraction of sp³-hybridized carbons (Fsp3) is 0.619. The van der Waals surface area contributed by atoms with Gasteiger partial charge in [-0.25, -0.2) is 4.79 Å². The highest BCUT2D eigenvalue weighted by Crippen LogP contribution is 2.21. The number of benzene rings is 1. The zero-order valence-corrected chi connectivity index (χ0v) is 16.3. The summed E-state index contributed by atoms with van der Waals surface area (Å²) in [4.78, 5) is 30.1. The van der Waals surface area contributed by atoms with Gasteiger partial charge in [0.2, 0.25) is 5.91 Å². The number of carbonyl (C=O) groups excluding carboxylic acids is 1. The van der Waals surface area contributed by atoms with Gasteiger partial charge in [0, 0.05) is 38.6 Å². The summed E-state index contributed by atoms with van der Waals surface area (Å²) in [5.74, 6) is 0.177. The smallest absolute Gasteiger partial charge is 0.329 e. The topological polar surface area (TPSA) is 50.5 Å². The summed E-state index contributed by atoms with van der Waals surface area (Å²) in [7, 11) is 0. The molecule has 0 radical (unpaired) electrons. The van der Waals surface area contributed by atoms with Crippen molar-refractivity contribution in [2.45, 2.75) is 58.2 Å². The number of carbonyl (C=O) groups is 1. The van der Waals surface area contributed by atoms with Crippen molar-refractivity contribution in [3.8, 4) is 0 Å². The Labute approximate surface area is 160 Å². The molecule has 146 valence electrons. The second-order valence-electron chi connectivity index (χ2n) is 7.85. The quantitative estimate of drug-likeness (QED) is 0.784. The Bertz CT molecular complexity index is 863. The number of hydrogen-bond acceptors (Lipinski definition) is 3. The lowest BCUT2D eigenvalue weighted by Gasteiger charge is -2.23. The molecule has 2 fully saturated rings. The number of aryl methyl sites for hydroxylation is 2. The summed E-state index contributed by atoms with van der Waals surface area (Å²) in [5.41, 5.74) is 1.90. The van der Waals surface area contributed by atoms with E-state index in [0.29, 0.717) is 25.6 Å². The number of para-hydroxylation sites is 2. The van der Waals surface area contributed by atoms with Gasteiger partial charge in [0.1, 0.15) is 0 Å². The summed E-state index contributed by atoms with van der Waals surface area (Å²) in [5, 5.41) is 0. The predicted octanol–water partition coefficient (Wildman–Crippen LogP) is 2.30. The number of aromatic nitrogens is 2. The van der Waals surface area contributed by atoms with Crippen LogP contribution in [0.3, 0.4) is 0 Å². The summed E-state index contributed by atoms with van der Waals surface area (Å²) >= 11 is 0. The van der Waals surface area contributed by atoms with Crippen molar-refractivity contribution in [2.75, 3.05) is 26.2 Å². The van der Waals surface area contributed by atoms with E-state index < -0.39 is 0 Å². The number of nitrogens with zero attached hydrogens (tertiary/aromatic N) is 4. The molecule has 2 aromatic rings. The summed E-state index contributed by atoms with van der Waals surface area (Å²) in [6.07, 6.45) is 4.97. The molecule has 0 saturated carbocycles. The molecule has 1 aromatic heterocycles. The first-order valence-electron chi connectivity index (χ1n) is 10.4. The molecule has 0 bridgehead atoms. The van der Waals surface area contributed by atoms with Crippen LogP contribution < -0.4 is 5.69 Å². The minimum absolute atomic E-state index is 0.00205. The Morgan fingerprint density at radius 2 is 1.70 bits per heavy atom. The van der Waals surface area contributed by atoms with E-state index in [-0.39, 0.29) is 11.6 Å². The van der Waals surface area contributed by atoms with Crippen molar-refractivity contribution in [2.24, 2.45) is 0 Å². The van der Waals surface area contributed by atoms with Crippen LogP contribution >= 0.6 is 0 Å². The third kappa shape index (κ3) is 3.55. The summed E-state index contributed by atoms with van der Waals surface area (Å²) < 4.78 is 3.61. The molecule has 2 aliphatic rings. The second-order valence-corrected chi connectivity index (χ2v) is 7.85. The highest BCUT2D eigenvalue weighted by molar-refractivity contribution is 5.78. The molecule has 6 nitrogen and oxygen atoms in total. The molecule has 4 rings (SSSR count). The van der Waals surface area contributed by atoms with Crippen molar-refractivity contribution in [3.63, 3.8) is 0 Å². The van der Waals surface area contributed by atoms with Gasteiger partial charge < -0.3 is 4.90 Å². The van der Waals surface area contributed by atoms with Crippen LogP contribution in [0.5, 0.6) is 0 Å². The zero-order chi connectivity index (χ0) is 18.8. The van der Waals surface area contributed by atoms with E-state index >= 15 is 0 Å². The summed E-state index contributed by atoms with van der Waals surface area (Å²) in [6, 6.07) is 8.42. The third-order valence-electron chi connectivity index (χ3n) is 6.09. The van der Waals surface area contributed by atoms with E-state index in [1.807, 2.05) is 33.7 Å². The van der Waals surface area contributed by atoms with E-state index in [1.54, 1.807) is 4.57 Å². The first kappa shape index (κ1) is 18.3. The fourth-order valence-electron chi connectivity index (χ4n) is 4.67. The van der Waals surface area contributed by atoms with Gasteiger partial charge in [-0.1, -0.05) is 19.1 Å². The van der Waals surface area contributed by atoms with E-state index in [4.69, 9.17) is 0 Å². The molecule has 6 heteroatoms. The van der Waals surface area contributed by atoms with Crippen molar-refractivity contribution in [1.29, 1.82) is 0 Å². The lowest BCUT2D eigenvalue weighted by atomic mass is 10.2. The molecule has 1 amide bonds. The Morgan fingerprint density at radius 3 is 2.37 bits per heavy atom. The van der Waals surface area contributed by atoms with E-state index in [9.17, 15) is 9.59 Å². The molecule has 1 unspecified atom stereocenters. The van der Waals surface area contributed by atoms with Crippen LogP contribution in [0.25, 0.3) is 11.0 Å². The largest absolute Gasteiger partial charge is 0.341 e. The number of hydrogen-bond donors (Lipinski definition) is 0. The van der Waals surface area contributed by atoms with Crippen LogP contribution in [0.4, 0.5) is 0 Å². The molecule has 0 spiro atoms. The van der Waals surface area contributed by atoms with Crippen LogP contribution in [-0.4, -0.2) is 57.1 Å². The van der Waals surface area contributed by atoms with Gasteiger partial charge in [-0.15, -0.1) is 0 Å². The van der Waals surface area contributed by atoms with Gasteiger partial charge in [-0.3, -0.25) is 18.8 Å². The molecule has 1 aromatic carbocycles. The van der Waals surface area contributed by atoms with Gasteiger partial charge >= 0.3 is 5.69 Å². The highest BCUT2D eigenvalue weighted by Gasteiger charge is 2.31. The molecule has 1 atom stereocenters. The third-order valence-corrected chi connectivity index (χ3v) is 6.09. The average molecular weight is 370 g/mol. The first-order chi connectivity index (χ1) is 13.2. The lowest BCUT2D eigenvalue weighted by molar-refractivity contribution is -0.130. The number of rotatable bonds is 6. The van der Waals surface area contributed by atoms with Gasteiger partial charge in [0.25, 0.3) is 0 Å². The predicted molar refractivity (Wildman–Crippen MR) is 107 cm³/mol. The van der Waals surface area contributed by atoms with E-state index in [0.717, 1.165) is 37.0 Å². The van der Waals surface area contributed by atoms with E-state index in [2.05, 4.69) is 11.8 Å². The average Bonchev–Trinajstić information content (AvgIpc) is 3.41.